The van der Waals surface area contributed by atoms with Crippen LogP contribution >= 0.6 is 0 Å². The molecule has 0 unspecified atom stereocenters. The van der Waals surface area contributed by atoms with E-state index in [0.29, 0.717) is 6.10 Å². The minimum atomic E-state index is 0.361. The molecule has 4 heteroatoms. The Labute approximate surface area is 109 Å². The van der Waals surface area contributed by atoms with Gasteiger partial charge in [-0.05, 0) is 57.3 Å². The molecule has 0 amide bonds. The molecular weight excluding hydrogens is 226 g/mol. The molecule has 1 fully saturated rings. The number of ether oxygens (including phenoxy) is 1. The van der Waals surface area contributed by atoms with Crippen molar-refractivity contribution in [2.45, 2.75) is 45.6 Å². The fourth-order valence-corrected chi connectivity index (χ4v) is 3.46. The van der Waals surface area contributed by atoms with Crippen LogP contribution in [0.3, 0.4) is 0 Å². The Kier molecular flexibility index (Phi) is 3.14. The van der Waals surface area contributed by atoms with Crippen molar-refractivity contribution in [1.82, 2.24) is 15.0 Å². The molecule has 3 rings (SSSR count). The van der Waals surface area contributed by atoms with Crippen molar-refractivity contribution in [3.05, 3.63) is 11.4 Å². The number of aromatic nitrogens is 3. The molecule has 100 valence electrons. The second kappa shape index (κ2) is 4.65. The first-order valence-electron chi connectivity index (χ1n) is 7.16. The van der Waals surface area contributed by atoms with Gasteiger partial charge in [-0.1, -0.05) is 5.21 Å². The monoisotopic (exact) mass is 249 g/mol. The molecule has 1 aromatic rings. The van der Waals surface area contributed by atoms with Gasteiger partial charge < -0.3 is 4.74 Å². The summed E-state index contributed by atoms with van der Waals surface area (Å²) in [6, 6.07) is 0. The molecule has 4 nitrogen and oxygen atoms in total. The van der Waals surface area contributed by atoms with Gasteiger partial charge in [-0.3, -0.25) is 4.68 Å². The van der Waals surface area contributed by atoms with Gasteiger partial charge in [0.05, 0.1) is 24.1 Å². The largest absolute Gasteiger partial charge is 0.378 e. The number of hydrogen-bond acceptors (Lipinski definition) is 3. The average molecular weight is 249 g/mol. The molecule has 0 spiro atoms. The summed E-state index contributed by atoms with van der Waals surface area (Å²) < 4.78 is 7.74. The second-order valence-corrected chi connectivity index (χ2v) is 6.06. The topological polar surface area (TPSA) is 39.9 Å². The number of rotatable bonds is 3. The highest BCUT2D eigenvalue weighted by atomic mass is 16.5. The van der Waals surface area contributed by atoms with Gasteiger partial charge >= 0.3 is 0 Å². The average Bonchev–Trinajstić information content (AvgIpc) is 2.84. The van der Waals surface area contributed by atoms with Crippen LogP contribution in [0.25, 0.3) is 0 Å². The van der Waals surface area contributed by atoms with E-state index in [0.717, 1.165) is 37.2 Å². The number of hydrogen-bond donors (Lipinski definition) is 0. The highest BCUT2D eigenvalue weighted by Gasteiger charge is 2.49. The van der Waals surface area contributed by atoms with Crippen molar-refractivity contribution in [2.24, 2.45) is 24.8 Å². The fraction of sp³-hybridized carbons (Fsp3) is 0.857. The molecule has 18 heavy (non-hydrogen) atoms. The first-order chi connectivity index (χ1) is 8.66. The molecule has 0 N–H and O–H groups in total. The van der Waals surface area contributed by atoms with Gasteiger partial charge in [-0.2, -0.15) is 0 Å². The van der Waals surface area contributed by atoms with Crippen molar-refractivity contribution < 1.29 is 4.74 Å². The molecule has 2 aliphatic rings. The Balaban J connectivity index is 1.62. The van der Waals surface area contributed by atoms with Crippen LogP contribution in [0, 0.1) is 17.8 Å². The normalized spacial score (nSPS) is 30.6. The highest BCUT2D eigenvalue weighted by molar-refractivity contribution is 5.14. The van der Waals surface area contributed by atoms with Gasteiger partial charge in [0.2, 0.25) is 0 Å². The lowest BCUT2D eigenvalue weighted by atomic mass is 10.0. The van der Waals surface area contributed by atoms with Gasteiger partial charge in [0, 0.05) is 7.05 Å². The van der Waals surface area contributed by atoms with Gasteiger partial charge in [0.25, 0.3) is 0 Å². The van der Waals surface area contributed by atoms with Crippen LogP contribution in [0.5, 0.6) is 0 Å². The molecular formula is C14H23N3O. The summed E-state index contributed by atoms with van der Waals surface area (Å²) in [7, 11) is 2.01. The van der Waals surface area contributed by atoms with Crippen LogP contribution < -0.4 is 0 Å². The van der Waals surface area contributed by atoms with Gasteiger partial charge in [0.15, 0.2) is 0 Å². The van der Waals surface area contributed by atoms with E-state index < -0.39 is 0 Å². The van der Waals surface area contributed by atoms with Crippen molar-refractivity contribution in [2.75, 3.05) is 6.61 Å². The zero-order chi connectivity index (χ0) is 12.7. The SMILES string of the molecule is CC(C)OC[C@@H]1[C@@H]2CCc3c(nnn3C)CC[C@@H]21. The molecule has 0 aromatic carbocycles. The maximum absolute atomic E-state index is 5.79. The molecule has 0 bridgehead atoms. The smallest absolute Gasteiger partial charge is 0.0859 e. The summed E-state index contributed by atoms with van der Waals surface area (Å²) in [6.45, 7) is 5.20. The van der Waals surface area contributed by atoms with Crippen LogP contribution in [0.4, 0.5) is 0 Å². The molecule has 0 radical (unpaired) electrons. The van der Waals surface area contributed by atoms with E-state index in [9.17, 15) is 0 Å². The Bertz CT molecular complexity index is 427. The summed E-state index contributed by atoms with van der Waals surface area (Å²) >= 11 is 0. The Morgan fingerprint density at radius 3 is 2.72 bits per heavy atom. The lowest BCUT2D eigenvalue weighted by molar-refractivity contribution is 0.0656. The standard InChI is InChI=1S/C14H23N3O/c1-9(2)18-8-12-10-4-6-13-14(7-5-11(10)12)17(3)16-15-13/h9-12H,4-8H2,1-3H3/t10-,11+,12-/m0/s1. The number of fused-ring (bicyclic) bond motifs is 2. The first kappa shape index (κ1) is 12.2. The van der Waals surface area contributed by atoms with E-state index >= 15 is 0 Å². The maximum Gasteiger partial charge on any atom is 0.0859 e. The Morgan fingerprint density at radius 1 is 1.28 bits per heavy atom. The van der Waals surface area contributed by atoms with Crippen molar-refractivity contribution in [3.8, 4) is 0 Å². The third kappa shape index (κ3) is 2.18. The zero-order valence-corrected chi connectivity index (χ0v) is 11.6. The summed E-state index contributed by atoms with van der Waals surface area (Å²) in [4.78, 5) is 0. The molecule has 3 atom stereocenters. The fourth-order valence-electron chi connectivity index (χ4n) is 3.46. The third-order valence-corrected chi connectivity index (χ3v) is 4.58. The predicted octanol–water partition coefficient (Wildman–Crippen LogP) is 1.98. The quantitative estimate of drug-likeness (QED) is 0.822. The minimum Gasteiger partial charge on any atom is -0.378 e. The first-order valence-corrected chi connectivity index (χ1v) is 7.16. The van der Waals surface area contributed by atoms with Gasteiger partial charge in [-0.25, -0.2) is 0 Å². The van der Waals surface area contributed by atoms with Crippen LogP contribution in [0.1, 0.15) is 38.1 Å². The van der Waals surface area contributed by atoms with Crippen LogP contribution in [-0.2, 0) is 24.6 Å². The molecule has 1 aromatic heterocycles. The minimum absolute atomic E-state index is 0.361. The predicted molar refractivity (Wildman–Crippen MR) is 69.2 cm³/mol. The summed E-state index contributed by atoms with van der Waals surface area (Å²) in [5.74, 6) is 2.56. The van der Waals surface area contributed by atoms with Gasteiger partial charge in [0.1, 0.15) is 0 Å². The number of nitrogens with zero attached hydrogens (tertiary/aromatic N) is 3. The second-order valence-electron chi connectivity index (χ2n) is 6.06. The zero-order valence-electron chi connectivity index (χ0n) is 11.6. The van der Waals surface area contributed by atoms with E-state index in [1.54, 1.807) is 0 Å². The van der Waals surface area contributed by atoms with Crippen LogP contribution in [-0.4, -0.2) is 27.7 Å². The van der Waals surface area contributed by atoms with Crippen LogP contribution in [0.2, 0.25) is 0 Å². The molecule has 2 aliphatic carbocycles. The highest BCUT2D eigenvalue weighted by Crippen LogP contribution is 2.52. The van der Waals surface area contributed by atoms with Gasteiger partial charge in [-0.15, -0.1) is 5.10 Å². The number of aryl methyl sites for hydroxylation is 2. The Morgan fingerprint density at radius 2 is 2.00 bits per heavy atom. The molecule has 1 heterocycles. The van der Waals surface area contributed by atoms with E-state index in [-0.39, 0.29) is 0 Å². The molecule has 0 saturated heterocycles. The van der Waals surface area contributed by atoms with Crippen molar-refractivity contribution in [3.63, 3.8) is 0 Å². The lowest BCUT2D eigenvalue weighted by Crippen LogP contribution is -2.06. The van der Waals surface area contributed by atoms with Crippen molar-refractivity contribution in [1.29, 1.82) is 0 Å². The van der Waals surface area contributed by atoms with Crippen molar-refractivity contribution >= 4 is 0 Å². The molecule has 0 aliphatic heterocycles. The summed E-state index contributed by atoms with van der Waals surface area (Å²) in [6.07, 6.45) is 5.15. The lowest BCUT2D eigenvalue weighted by Gasteiger charge is -2.07. The van der Waals surface area contributed by atoms with E-state index in [4.69, 9.17) is 4.74 Å². The Hall–Kier alpha value is -0.900. The maximum atomic E-state index is 5.79. The van der Waals surface area contributed by atoms with E-state index in [1.165, 1.54) is 24.2 Å². The third-order valence-electron chi connectivity index (χ3n) is 4.58. The molecule has 1 saturated carbocycles. The van der Waals surface area contributed by atoms with E-state index in [2.05, 4.69) is 24.2 Å². The summed E-state index contributed by atoms with van der Waals surface area (Å²) in [5.41, 5.74) is 2.58. The van der Waals surface area contributed by atoms with E-state index in [1.807, 2.05) is 11.7 Å². The van der Waals surface area contributed by atoms with Crippen LogP contribution in [0.15, 0.2) is 0 Å². The summed E-state index contributed by atoms with van der Waals surface area (Å²) in [5, 5.41) is 8.43.